The largest absolute Gasteiger partial charge is 0.369 e. The first-order valence-electron chi connectivity index (χ1n) is 6.03. The minimum Gasteiger partial charge on any atom is -0.369 e. The summed E-state index contributed by atoms with van der Waals surface area (Å²) < 4.78 is 3.39. The summed E-state index contributed by atoms with van der Waals surface area (Å²) in [5.41, 5.74) is 6.76. The van der Waals surface area contributed by atoms with Crippen LogP contribution in [0.25, 0.3) is 0 Å². The Morgan fingerprint density at radius 2 is 2.06 bits per heavy atom. The zero-order valence-electron chi connectivity index (χ0n) is 9.50. The van der Waals surface area contributed by atoms with Gasteiger partial charge in [0.1, 0.15) is 5.25 Å². The first kappa shape index (κ1) is 11.1. The highest BCUT2D eigenvalue weighted by atomic mass is 32.2. The average molecular weight is 250 g/mol. The van der Waals surface area contributed by atoms with Gasteiger partial charge in [-0.3, -0.25) is 9.52 Å². The smallest absolute Gasteiger partial charge is 0.232 e. The van der Waals surface area contributed by atoms with Crippen LogP contribution in [0.15, 0.2) is 30.3 Å². The number of nitrogens with one attached hydrogen (secondary N) is 1. The number of amides is 1. The van der Waals surface area contributed by atoms with E-state index in [1.165, 1.54) is 30.4 Å². The highest BCUT2D eigenvalue weighted by Crippen LogP contribution is 2.51. The molecule has 3 unspecified atom stereocenters. The van der Waals surface area contributed by atoms with Crippen LogP contribution < -0.4 is 10.5 Å². The molecule has 1 aliphatic heterocycles. The summed E-state index contributed by atoms with van der Waals surface area (Å²) in [7, 11) is 0. The Morgan fingerprint density at radius 1 is 1.35 bits per heavy atom. The van der Waals surface area contributed by atoms with E-state index in [-0.39, 0.29) is 18.6 Å². The molecule has 1 heterocycles. The van der Waals surface area contributed by atoms with Crippen LogP contribution in [0.3, 0.4) is 0 Å². The lowest BCUT2D eigenvalue weighted by atomic mass is 9.87. The number of primary amides is 1. The topological polar surface area (TPSA) is 55.1 Å². The van der Waals surface area contributed by atoms with Crippen molar-refractivity contribution in [2.75, 3.05) is 0 Å². The fourth-order valence-electron chi connectivity index (χ4n) is 2.68. The lowest BCUT2D eigenvalue weighted by Crippen LogP contribution is -2.32. The molecule has 1 saturated heterocycles. The average Bonchev–Trinajstić information content (AvgIpc) is 3.08. The molecule has 1 amide bonds. The molecule has 0 bridgehead atoms. The van der Waals surface area contributed by atoms with Crippen molar-refractivity contribution in [2.45, 2.75) is 24.1 Å². The second-order valence-electron chi connectivity index (χ2n) is 4.86. The van der Waals surface area contributed by atoms with Crippen molar-refractivity contribution in [3.63, 3.8) is 0 Å². The molecule has 3 N–H and O–H groups in total. The molecule has 2 aliphatic rings. The summed E-state index contributed by atoms with van der Waals surface area (Å²) in [4.78, 5) is 11.5. The van der Waals surface area contributed by atoms with Crippen molar-refractivity contribution < 1.29 is 6.22 Å². The number of hydrogen-bond donors (Lipinski definition) is 2. The SMILES string of the molecule is NC(=O)C1SNC(c2ccccc2)C1C1CC1.[HH]. The monoisotopic (exact) mass is 250 g/mol. The van der Waals surface area contributed by atoms with Gasteiger partial charge in [-0.05, 0) is 24.3 Å². The molecular formula is C13H18N2OS. The Balaban J connectivity index is 0.00000120. The Bertz CT molecular complexity index is 424. The number of hydrogen-bond acceptors (Lipinski definition) is 3. The Labute approximate surface area is 107 Å². The zero-order chi connectivity index (χ0) is 11.8. The van der Waals surface area contributed by atoms with Gasteiger partial charge < -0.3 is 5.73 Å². The second kappa shape index (κ2) is 4.35. The van der Waals surface area contributed by atoms with Crippen LogP contribution in [0.1, 0.15) is 25.9 Å². The molecule has 1 aliphatic carbocycles. The van der Waals surface area contributed by atoms with Gasteiger partial charge in [0.05, 0.1) is 0 Å². The lowest BCUT2D eigenvalue weighted by molar-refractivity contribution is -0.118. The fraction of sp³-hybridized carbons (Fsp3) is 0.462. The van der Waals surface area contributed by atoms with E-state index in [2.05, 4.69) is 16.9 Å². The maximum Gasteiger partial charge on any atom is 0.232 e. The van der Waals surface area contributed by atoms with Gasteiger partial charge in [0.2, 0.25) is 5.91 Å². The van der Waals surface area contributed by atoms with Crippen LogP contribution in [-0.4, -0.2) is 11.2 Å². The molecule has 4 heteroatoms. The van der Waals surface area contributed by atoms with Crippen molar-refractivity contribution in [2.24, 2.45) is 17.6 Å². The molecule has 0 radical (unpaired) electrons. The first-order chi connectivity index (χ1) is 8.27. The lowest BCUT2D eigenvalue weighted by Gasteiger charge is -2.21. The Hall–Kier alpha value is -1.00. The van der Waals surface area contributed by atoms with Crippen molar-refractivity contribution in [1.29, 1.82) is 0 Å². The summed E-state index contributed by atoms with van der Waals surface area (Å²) >= 11 is 1.51. The predicted octanol–water partition coefficient (Wildman–Crippen LogP) is 2.11. The van der Waals surface area contributed by atoms with Gasteiger partial charge in [-0.25, -0.2) is 0 Å². The van der Waals surface area contributed by atoms with Crippen LogP contribution in [0.4, 0.5) is 0 Å². The molecule has 1 aromatic rings. The van der Waals surface area contributed by atoms with Crippen molar-refractivity contribution in [3.05, 3.63) is 35.9 Å². The standard InChI is InChI=1S/C13H16N2OS.H2/c14-13(16)12-10(8-6-7-8)11(15-17-12)9-4-2-1-3-5-9;/h1-5,8,10-12,15H,6-7H2,(H2,14,16);1H. The molecule has 0 spiro atoms. The van der Waals surface area contributed by atoms with Gasteiger partial charge in [0.15, 0.2) is 0 Å². The van der Waals surface area contributed by atoms with Gasteiger partial charge in [0, 0.05) is 13.4 Å². The molecule has 3 rings (SSSR count). The highest BCUT2D eigenvalue weighted by molar-refractivity contribution is 7.99. The molecule has 1 saturated carbocycles. The van der Waals surface area contributed by atoms with Crippen LogP contribution in [0, 0.1) is 11.8 Å². The van der Waals surface area contributed by atoms with Gasteiger partial charge in [0.25, 0.3) is 0 Å². The molecule has 92 valence electrons. The summed E-state index contributed by atoms with van der Waals surface area (Å²) in [6.45, 7) is 0. The maximum absolute atomic E-state index is 11.5. The van der Waals surface area contributed by atoms with E-state index in [1.807, 2.05) is 18.2 Å². The van der Waals surface area contributed by atoms with Crippen LogP contribution in [0.2, 0.25) is 0 Å². The zero-order valence-corrected chi connectivity index (χ0v) is 10.3. The van der Waals surface area contributed by atoms with E-state index < -0.39 is 0 Å². The summed E-state index contributed by atoms with van der Waals surface area (Å²) in [5.74, 6) is 0.845. The van der Waals surface area contributed by atoms with Gasteiger partial charge in [-0.2, -0.15) is 0 Å². The molecule has 3 nitrogen and oxygen atoms in total. The third-order valence-electron chi connectivity index (χ3n) is 3.66. The number of carbonyl (C=O) groups excluding carboxylic acids is 1. The van der Waals surface area contributed by atoms with Crippen molar-refractivity contribution in [1.82, 2.24) is 4.72 Å². The van der Waals surface area contributed by atoms with Gasteiger partial charge >= 0.3 is 0 Å². The predicted molar refractivity (Wildman–Crippen MR) is 71.2 cm³/mol. The summed E-state index contributed by atoms with van der Waals surface area (Å²) in [6.07, 6.45) is 2.47. The molecule has 1 aromatic carbocycles. The van der Waals surface area contributed by atoms with E-state index in [1.54, 1.807) is 0 Å². The molecule has 3 atom stereocenters. The van der Waals surface area contributed by atoms with E-state index in [9.17, 15) is 4.79 Å². The molecular weight excluding hydrogens is 232 g/mol. The first-order valence-corrected chi connectivity index (χ1v) is 6.91. The van der Waals surface area contributed by atoms with Crippen LogP contribution >= 0.6 is 11.9 Å². The number of nitrogens with two attached hydrogens (primary N) is 1. The Morgan fingerprint density at radius 3 is 2.65 bits per heavy atom. The van der Waals surface area contributed by atoms with Crippen LogP contribution in [0.5, 0.6) is 0 Å². The van der Waals surface area contributed by atoms with E-state index >= 15 is 0 Å². The van der Waals surface area contributed by atoms with Gasteiger partial charge in [-0.15, -0.1) is 0 Å². The minimum atomic E-state index is -0.183. The minimum absolute atomic E-state index is 0. The third kappa shape index (κ3) is 2.07. The summed E-state index contributed by atoms with van der Waals surface area (Å²) in [5, 5.41) is -0.0762. The van der Waals surface area contributed by atoms with E-state index in [0.29, 0.717) is 11.8 Å². The Kier molecular flexibility index (Phi) is 2.84. The van der Waals surface area contributed by atoms with E-state index in [4.69, 9.17) is 5.73 Å². The van der Waals surface area contributed by atoms with Crippen molar-refractivity contribution >= 4 is 17.9 Å². The molecule has 17 heavy (non-hydrogen) atoms. The maximum atomic E-state index is 11.5. The van der Waals surface area contributed by atoms with E-state index in [0.717, 1.165) is 0 Å². The quantitative estimate of drug-likeness (QED) is 0.808. The number of rotatable bonds is 3. The van der Waals surface area contributed by atoms with Crippen LogP contribution in [-0.2, 0) is 4.79 Å². The van der Waals surface area contributed by atoms with Crippen molar-refractivity contribution in [3.8, 4) is 0 Å². The molecule has 0 aromatic heterocycles. The number of benzene rings is 1. The summed E-state index contributed by atoms with van der Waals surface area (Å²) in [6, 6.07) is 10.6. The highest BCUT2D eigenvalue weighted by Gasteiger charge is 2.48. The fourth-order valence-corrected chi connectivity index (χ4v) is 3.92. The third-order valence-corrected chi connectivity index (χ3v) is 4.85. The normalized spacial score (nSPS) is 32.6. The molecule has 2 fully saturated rings. The number of carbonyl (C=O) groups is 1. The second-order valence-corrected chi connectivity index (χ2v) is 5.84. The van der Waals surface area contributed by atoms with Gasteiger partial charge in [-0.1, -0.05) is 42.3 Å².